The van der Waals surface area contributed by atoms with Gasteiger partial charge >= 0.3 is 0 Å². The first-order valence-electron chi connectivity index (χ1n) is 3.80. The van der Waals surface area contributed by atoms with Crippen molar-refractivity contribution in [2.45, 2.75) is 45.1 Å². The van der Waals surface area contributed by atoms with Gasteiger partial charge in [-0.1, -0.05) is 0 Å². The summed E-state index contributed by atoms with van der Waals surface area (Å²) in [6.45, 7) is 8.00. The standard InChI is InChI=1S/C8H15NO2/c1-7(2)8(3,4)11-6(5-10)9-7/h5-6,9H,1-4H3. The van der Waals surface area contributed by atoms with Gasteiger partial charge in [0.2, 0.25) is 0 Å². The van der Waals surface area contributed by atoms with Crippen LogP contribution in [-0.4, -0.2) is 23.7 Å². The summed E-state index contributed by atoms with van der Waals surface area (Å²) in [6.07, 6.45) is 0.344. The monoisotopic (exact) mass is 157 g/mol. The van der Waals surface area contributed by atoms with Gasteiger partial charge in [-0.2, -0.15) is 0 Å². The van der Waals surface area contributed by atoms with Gasteiger partial charge < -0.3 is 4.74 Å². The lowest BCUT2D eigenvalue weighted by Gasteiger charge is -2.31. The SMILES string of the molecule is CC1(C)NC(C=O)OC1(C)C. The molecule has 3 nitrogen and oxygen atoms in total. The second-order valence-corrected chi connectivity index (χ2v) is 3.95. The van der Waals surface area contributed by atoms with Crippen molar-refractivity contribution in [3.05, 3.63) is 0 Å². The predicted molar refractivity (Wildman–Crippen MR) is 42.2 cm³/mol. The Morgan fingerprint density at radius 2 is 1.91 bits per heavy atom. The molecule has 0 aromatic carbocycles. The van der Waals surface area contributed by atoms with Crippen LogP contribution in [0.1, 0.15) is 27.7 Å². The minimum absolute atomic E-state index is 0.140. The molecule has 1 aliphatic heterocycles. The summed E-state index contributed by atoms with van der Waals surface area (Å²) in [6, 6.07) is 0. The Labute approximate surface area is 67.1 Å². The van der Waals surface area contributed by atoms with Gasteiger partial charge in [0.25, 0.3) is 0 Å². The quantitative estimate of drug-likeness (QED) is 0.569. The zero-order valence-corrected chi connectivity index (χ0v) is 7.47. The average molecular weight is 157 g/mol. The topological polar surface area (TPSA) is 38.3 Å². The van der Waals surface area contributed by atoms with E-state index < -0.39 is 6.23 Å². The average Bonchev–Trinajstić information content (AvgIpc) is 2.03. The van der Waals surface area contributed by atoms with Crippen LogP contribution in [-0.2, 0) is 9.53 Å². The van der Waals surface area contributed by atoms with Gasteiger partial charge in [-0.25, -0.2) is 0 Å². The molecule has 1 rings (SSSR count). The maximum Gasteiger partial charge on any atom is 0.165 e. The molecule has 11 heavy (non-hydrogen) atoms. The smallest absolute Gasteiger partial charge is 0.165 e. The van der Waals surface area contributed by atoms with Crippen LogP contribution in [0, 0.1) is 0 Å². The summed E-state index contributed by atoms with van der Waals surface area (Å²) in [5.41, 5.74) is -0.419. The highest BCUT2D eigenvalue weighted by Gasteiger charge is 2.47. The van der Waals surface area contributed by atoms with Crippen LogP contribution in [0.25, 0.3) is 0 Å². The van der Waals surface area contributed by atoms with E-state index in [0.717, 1.165) is 6.29 Å². The normalized spacial score (nSPS) is 33.6. The molecule has 0 aliphatic carbocycles. The lowest BCUT2D eigenvalue weighted by Crippen LogP contribution is -2.49. The molecule has 0 spiro atoms. The number of hydrogen-bond donors (Lipinski definition) is 1. The number of nitrogens with one attached hydrogen (secondary N) is 1. The van der Waals surface area contributed by atoms with E-state index in [-0.39, 0.29) is 11.1 Å². The maximum atomic E-state index is 10.4. The van der Waals surface area contributed by atoms with Crippen LogP contribution < -0.4 is 5.32 Å². The van der Waals surface area contributed by atoms with E-state index in [1.165, 1.54) is 0 Å². The van der Waals surface area contributed by atoms with Gasteiger partial charge in [0.05, 0.1) is 5.60 Å². The predicted octanol–water partition coefficient (Wildman–Crippen LogP) is 0.688. The van der Waals surface area contributed by atoms with Gasteiger partial charge in [0.1, 0.15) is 0 Å². The summed E-state index contributed by atoms with van der Waals surface area (Å²) >= 11 is 0. The maximum absolute atomic E-state index is 10.4. The first-order valence-corrected chi connectivity index (χ1v) is 3.80. The van der Waals surface area contributed by atoms with E-state index >= 15 is 0 Å². The number of ether oxygens (including phenoxy) is 1. The molecule has 3 heteroatoms. The zero-order chi connectivity index (χ0) is 8.70. The van der Waals surface area contributed by atoms with Crippen molar-refractivity contribution in [1.29, 1.82) is 0 Å². The molecule has 1 fully saturated rings. The fourth-order valence-electron chi connectivity index (χ4n) is 1.09. The lowest BCUT2D eigenvalue weighted by atomic mass is 9.87. The fraction of sp³-hybridized carbons (Fsp3) is 0.875. The summed E-state index contributed by atoms with van der Waals surface area (Å²) in [7, 11) is 0. The van der Waals surface area contributed by atoms with E-state index in [2.05, 4.69) is 5.32 Å². The second-order valence-electron chi connectivity index (χ2n) is 3.95. The minimum Gasteiger partial charge on any atom is -0.348 e. The van der Waals surface area contributed by atoms with Crippen LogP contribution in [0.4, 0.5) is 0 Å². The minimum atomic E-state index is -0.444. The van der Waals surface area contributed by atoms with Crippen molar-refractivity contribution in [3.8, 4) is 0 Å². The molecule has 1 N–H and O–H groups in total. The van der Waals surface area contributed by atoms with E-state index in [1.54, 1.807) is 0 Å². The van der Waals surface area contributed by atoms with E-state index in [4.69, 9.17) is 4.74 Å². The Morgan fingerprint density at radius 1 is 1.36 bits per heavy atom. The largest absolute Gasteiger partial charge is 0.348 e. The summed E-state index contributed by atoms with van der Waals surface area (Å²) < 4.78 is 5.43. The van der Waals surface area contributed by atoms with Crippen LogP contribution >= 0.6 is 0 Å². The van der Waals surface area contributed by atoms with Crippen molar-refractivity contribution in [2.24, 2.45) is 0 Å². The van der Waals surface area contributed by atoms with Crippen molar-refractivity contribution >= 4 is 6.29 Å². The Bertz CT molecular complexity index is 159. The summed E-state index contributed by atoms with van der Waals surface area (Å²) in [5, 5.41) is 3.08. The Kier molecular flexibility index (Phi) is 1.81. The molecule has 0 bridgehead atoms. The highest BCUT2D eigenvalue weighted by Crippen LogP contribution is 2.31. The van der Waals surface area contributed by atoms with Gasteiger partial charge in [0.15, 0.2) is 12.5 Å². The van der Waals surface area contributed by atoms with Gasteiger partial charge in [-0.15, -0.1) is 0 Å². The molecule has 1 saturated heterocycles. The van der Waals surface area contributed by atoms with Crippen molar-refractivity contribution < 1.29 is 9.53 Å². The third-order valence-corrected chi connectivity index (χ3v) is 2.55. The molecule has 1 atom stereocenters. The van der Waals surface area contributed by atoms with E-state index in [1.807, 2.05) is 27.7 Å². The van der Waals surface area contributed by atoms with Crippen LogP contribution in [0.5, 0.6) is 0 Å². The number of rotatable bonds is 1. The van der Waals surface area contributed by atoms with E-state index in [0.29, 0.717) is 0 Å². The van der Waals surface area contributed by atoms with Crippen molar-refractivity contribution in [3.63, 3.8) is 0 Å². The van der Waals surface area contributed by atoms with Crippen LogP contribution in [0.2, 0.25) is 0 Å². The number of aldehydes is 1. The molecule has 1 unspecified atom stereocenters. The molecule has 0 amide bonds. The number of carbonyl (C=O) groups excluding carboxylic acids is 1. The second kappa shape index (κ2) is 2.29. The Balaban J connectivity index is 2.79. The molecule has 0 saturated carbocycles. The molecule has 1 aliphatic rings. The molecule has 64 valence electrons. The Hall–Kier alpha value is -0.410. The Morgan fingerprint density at radius 3 is 2.09 bits per heavy atom. The molecular formula is C8H15NO2. The molecule has 0 aromatic rings. The number of hydrogen-bond acceptors (Lipinski definition) is 3. The highest BCUT2D eigenvalue weighted by molar-refractivity contribution is 5.56. The molecular weight excluding hydrogens is 142 g/mol. The van der Waals surface area contributed by atoms with Crippen LogP contribution in [0.3, 0.4) is 0 Å². The van der Waals surface area contributed by atoms with Gasteiger partial charge in [-0.3, -0.25) is 10.1 Å². The van der Waals surface area contributed by atoms with Crippen LogP contribution in [0.15, 0.2) is 0 Å². The molecule has 1 heterocycles. The third-order valence-electron chi connectivity index (χ3n) is 2.55. The van der Waals surface area contributed by atoms with Crippen molar-refractivity contribution in [1.82, 2.24) is 5.32 Å². The number of carbonyl (C=O) groups is 1. The van der Waals surface area contributed by atoms with E-state index in [9.17, 15) is 4.79 Å². The zero-order valence-electron chi connectivity index (χ0n) is 7.47. The van der Waals surface area contributed by atoms with Gasteiger partial charge in [-0.05, 0) is 27.7 Å². The molecule has 0 aromatic heterocycles. The van der Waals surface area contributed by atoms with Gasteiger partial charge in [0, 0.05) is 5.54 Å². The first kappa shape index (κ1) is 8.68. The third kappa shape index (κ3) is 1.30. The highest BCUT2D eigenvalue weighted by atomic mass is 16.5. The summed E-state index contributed by atoms with van der Waals surface area (Å²) in [4.78, 5) is 10.4. The molecule has 0 radical (unpaired) electrons. The first-order chi connectivity index (χ1) is 4.89. The van der Waals surface area contributed by atoms with Crippen molar-refractivity contribution in [2.75, 3.05) is 0 Å². The summed E-state index contributed by atoms with van der Waals surface area (Å²) in [5.74, 6) is 0. The lowest BCUT2D eigenvalue weighted by molar-refractivity contribution is -0.122. The fourth-order valence-corrected chi connectivity index (χ4v) is 1.09.